The van der Waals surface area contributed by atoms with Crippen molar-refractivity contribution < 1.29 is 23.9 Å². The lowest BCUT2D eigenvalue weighted by molar-refractivity contribution is -0.118. The number of thioether (sulfide) groups is 1. The molecule has 1 aliphatic rings. The number of ether oxygens (including phenoxy) is 2. The Kier molecular flexibility index (Phi) is 12.5. The Bertz CT molecular complexity index is 2020. The van der Waals surface area contributed by atoms with Crippen molar-refractivity contribution >= 4 is 58.1 Å². The molecule has 0 radical (unpaired) electrons. The predicted molar refractivity (Wildman–Crippen MR) is 209 cm³/mol. The van der Waals surface area contributed by atoms with Crippen molar-refractivity contribution in [2.75, 3.05) is 11.9 Å². The molecular formula is C40H44ClN5O5S. The molecule has 0 saturated carbocycles. The van der Waals surface area contributed by atoms with E-state index < -0.39 is 5.25 Å². The lowest BCUT2D eigenvalue weighted by Gasteiger charge is -2.20. The molecule has 1 unspecified atom stereocenters. The van der Waals surface area contributed by atoms with E-state index in [2.05, 4.69) is 61.8 Å². The maximum absolute atomic E-state index is 12.8. The Morgan fingerprint density at radius 1 is 0.885 bits per heavy atom. The molecule has 0 spiro atoms. The Labute approximate surface area is 314 Å². The zero-order valence-corrected chi connectivity index (χ0v) is 31.5. The Hall–Kier alpha value is -5.00. The zero-order valence-electron chi connectivity index (χ0n) is 29.9. The molecule has 52 heavy (non-hydrogen) atoms. The monoisotopic (exact) mass is 741 g/mol. The lowest BCUT2D eigenvalue weighted by Crippen LogP contribution is -2.31. The number of imidazole rings is 1. The number of halogens is 1. The van der Waals surface area contributed by atoms with E-state index >= 15 is 0 Å². The van der Waals surface area contributed by atoms with E-state index in [1.807, 2.05) is 78.3 Å². The molecule has 272 valence electrons. The van der Waals surface area contributed by atoms with Crippen LogP contribution in [0.1, 0.15) is 67.6 Å². The fourth-order valence-electron chi connectivity index (χ4n) is 6.06. The van der Waals surface area contributed by atoms with Gasteiger partial charge in [-0.05, 0) is 83.3 Å². The van der Waals surface area contributed by atoms with Gasteiger partial charge in [0.15, 0.2) is 0 Å². The van der Waals surface area contributed by atoms with Crippen molar-refractivity contribution in [3.63, 3.8) is 0 Å². The number of aryl methyl sites for hydroxylation is 1. The number of hydrogen-bond donors (Lipinski definition) is 3. The number of hydrogen-bond acceptors (Lipinski definition) is 7. The van der Waals surface area contributed by atoms with Crippen LogP contribution in [0.2, 0.25) is 0 Å². The smallest absolute Gasteiger partial charge is 0.319 e. The maximum atomic E-state index is 12.8. The third-order valence-corrected chi connectivity index (χ3v) is 9.88. The minimum absolute atomic E-state index is 0. The number of benzene rings is 4. The van der Waals surface area contributed by atoms with Crippen molar-refractivity contribution in [1.29, 1.82) is 0 Å². The van der Waals surface area contributed by atoms with E-state index in [1.165, 1.54) is 0 Å². The van der Waals surface area contributed by atoms with Crippen molar-refractivity contribution in [1.82, 2.24) is 20.2 Å². The summed E-state index contributed by atoms with van der Waals surface area (Å²) in [6.45, 7) is 9.33. The fourth-order valence-corrected chi connectivity index (χ4v) is 6.92. The third-order valence-electron chi connectivity index (χ3n) is 8.89. The highest BCUT2D eigenvalue weighted by molar-refractivity contribution is 8.15. The topological polar surface area (TPSA) is 124 Å². The average molecular weight is 742 g/mol. The van der Waals surface area contributed by atoms with Gasteiger partial charge in [0.25, 0.3) is 5.24 Å². The number of anilines is 1. The van der Waals surface area contributed by atoms with Gasteiger partial charge in [0.05, 0.1) is 16.3 Å². The number of amides is 4. The number of rotatable bonds is 13. The number of aromatic nitrogens is 2. The number of fused-ring (bicyclic) bond motifs is 1. The van der Waals surface area contributed by atoms with Crippen LogP contribution in [0.4, 0.5) is 15.3 Å². The first-order chi connectivity index (χ1) is 24.5. The number of nitrogens with zero attached hydrogens (tertiary/aromatic N) is 2. The largest absolute Gasteiger partial charge is 0.486 e. The highest BCUT2D eigenvalue weighted by Gasteiger charge is 2.31. The number of urea groups is 1. The molecule has 12 heteroatoms. The standard InChI is InChI=1S/C40H43N5O5S.ClH/c1-24(2)31-7-6-8-32(25(3)4)37(31)43-39(47)41-20-19-26-9-15-29(16-10-26)50-30-17-18-33-34(22-30)45(5)36(42-33)23-49-28-13-11-27(12-14-28)21-35-38(46)44-40(48)51-35;/h6-18,22,24-25,35H,19-21,23H2,1-5H3,(H2,41,43,47)(H,44,46,48);1H. The van der Waals surface area contributed by atoms with E-state index in [4.69, 9.17) is 14.5 Å². The summed E-state index contributed by atoms with van der Waals surface area (Å²) in [5.41, 5.74) is 6.98. The molecule has 0 bridgehead atoms. The summed E-state index contributed by atoms with van der Waals surface area (Å²) in [4.78, 5) is 40.9. The highest BCUT2D eigenvalue weighted by Crippen LogP contribution is 2.32. The van der Waals surface area contributed by atoms with Crippen molar-refractivity contribution in [3.8, 4) is 17.2 Å². The SMILES string of the molecule is CC(C)c1cccc(C(C)C)c1NC(=O)NCCc1ccc(Oc2ccc3nc(COc4ccc(CC5SC(=O)NC5=O)cc4)n(C)c3c2)cc1.Cl. The van der Waals surface area contributed by atoms with Gasteiger partial charge in [-0.25, -0.2) is 9.78 Å². The number of carbonyl (C=O) groups excluding carboxylic acids is 3. The Balaban J connectivity index is 0.00000523. The summed E-state index contributed by atoms with van der Waals surface area (Å²) < 4.78 is 14.2. The number of imide groups is 1. The van der Waals surface area contributed by atoms with Crippen molar-refractivity contribution in [3.05, 3.63) is 113 Å². The van der Waals surface area contributed by atoms with Gasteiger partial charge in [0.1, 0.15) is 29.7 Å². The summed E-state index contributed by atoms with van der Waals surface area (Å²) in [5.74, 6) is 3.21. The van der Waals surface area contributed by atoms with E-state index in [9.17, 15) is 14.4 Å². The minimum Gasteiger partial charge on any atom is -0.486 e. The minimum atomic E-state index is -0.399. The summed E-state index contributed by atoms with van der Waals surface area (Å²) in [7, 11) is 1.95. The molecule has 1 fully saturated rings. The van der Waals surface area contributed by atoms with Crippen LogP contribution in [-0.4, -0.2) is 38.5 Å². The van der Waals surface area contributed by atoms with Crippen LogP contribution in [0, 0.1) is 0 Å². The molecule has 1 aromatic heterocycles. The second-order valence-corrected chi connectivity index (χ2v) is 14.4. The summed E-state index contributed by atoms with van der Waals surface area (Å²) >= 11 is 1.03. The van der Waals surface area contributed by atoms with Crippen molar-refractivity contribution in [2.45, 2.75) is 64.2 Å². The van der Waals surface area contributed by atoms with Crippen LogP contribution >= 0.6 is 24.2 Å². The molecule has 3 N–H and O–H groups in total. The molecule has 5 aromatic rings. The average Bonchev–Trinajstić information content (AvgIpc) is 3.60. The molecule has 2 heterocycles. The van der Waals surface area contributed by atoms with Crippen LogP contribution in [-0.2, 0) is 31.3 Å². The zero-order chi connectivity index (χ0) is 36.1. The first-order valence-electron chi connectivity index (χ1n) is 17.2. The molecule has 4 aromatic carbocycles. The van der Waals surface area contributed by atoms with E-state index in [0.717, 1.165) is 56.6 Å². The molecule has 10 nitrogen and oxygen atoms in total. The van der Waals surface area contributed by atoms with E-state index in [-0.39, 0.29) is 36.2 Å². The number of carbonyl (C=O) groups is 3. The number of nitrogens with one attached hydrogen (secondary N) is 3. The third kappa shape index (κ3) is 9.26. The second kappa shape index (κ2) is 17.0. The Morgan fingerprint density at radius 2 is 1.52 bits per heavy atom. The van der Waals surface area contributed by atoms with Gasteiger partial charge in [-0.1, -0.05) is 81.9 Å². The quantitative estimate of drug-likeness (QED) is 0.110. The normalized spacial score (nSPS) is 14.0. The fraction of sp³-hybridized carbons (Fsp3) is 0.300. The molecular weight excluding hydrogens is 698 g/mol. The molecule has 6 rings (SSSR count). The van der Waals surface area contributed by atoms with Crippen molar-refractivity contribution in [2.24, 2.45) is 7.05 Å². The van der Waals surface area contributed by atoms with E-state index in [0.29, 0.717) is 48.5 Å². The van der Waals surface area contributed by atoms with Gasteiger partial charge >= 0.3 is 6.03 Å². The van der Waals surface area contributed by atoms with Crippen LogP contribution < -0.4 is 25.4 Å². The lowest BCUT2D eigenvalue weighted by atomic mass is 9.93. The van der Waals surface area contributed by atoms with E-state index in [1.54, 1.807) is 0 Å². The van der Waals surface area contributed by atoms with Gasteiger partial charge in [0, 0.05) is 25.3 Å². The van der Waals surface area contributed by atoms with Gasteiger partial charge in [-0.2, -0.15) is 0 Å². The van der Waals surface area contributed by atoms with Crippen LogP contribution in [0.5, 0.6) is 17.2 Å². The molecule has 4 amide bonds. The van der Waals surface area contributed by atoms with Gasteiger partial charge in [-0.3, -0.25) is 14.9 Å². The van der Waals surface area contributed by atoms with Crippen LogP contribution in [0.25, 0.3) is 11.0 Å². The molecule has 1 saturated heterocycles. The Morgan fingerprint density at radius 3 is 2.15 bits per heavy atom. The molecule has 0 aliphatic carbocycles. The maximum Gasteiger partial charge on any atom is 0.319 e. The molecule has 1 atom stereocenters. The van der Waals surface area contributed by atoms with Gasteiger partial charge in [0.2, 0.25) is 5.91 Å². The summed E-state index contributed by atoms with van der Waals surface area (Å²) in [6.07, 6.45) is 1.17. The summed E-state index contributed by atoms with van der Waals surface area (Å²) in [5, 5.41) is 7.74. The van der Waals surface area contributed by atoms with Crippen LogP contribution in [0.3, 0.4) is 0 Å². The molecule has 1 aliphatic heterocycles. The van der Waals surface area contributed by atoms with Crippen LogP contribution in [0.15, 0.2) is 84.9 Å². The summed E-state index contributed by atoms with van der Waals surface area (Å²) in [6, 6.07) is 27.2. The van der Waals surface area contributed by atoms with Gasteiger partial charge in [-0.15, -0.1) is 12.4 Å². The second-order valence-electron chi connectivity index (χ2n) is 13.3. The highest BCUT2D eigenvalue weighted by atomic mass is 35.5. The first kappa shape index (κ1) is 38.2. The predicted octanol–water partition coefficient (Wildman–Crippen LogP) is 8.87. The first-order valence-corrected chi connectivity index (χ1v) is 18.0. The van der Waals surface area contributed by atoms with Gasteiger partial charge < -0.3 is 24.7 Å². The number of para-hydroxylation sites is 1.